The SMILES string of the molecule is CCC(C(=O)N1CCc2ccc(C(=O)O)cc2C1)c1ccc(F)cc1. The number of amides is 1. The Morgan fingerprint density at radius 3 is 2.52 bits per heavy atom. The summed E-state index contributed by atoms with van der Waals surface area (Å²) in [6, 6.07) is 11.1. The fourth-order valence-electron chi connectivity index (χ4n) is 3.35. The number of aromatic carboxylic acids is 1. The summed E-state index contributed by atoms with van der Waals surface area (Å²) >= 11 is 0. The summed E-state index contributed by atoms with van der Waals surface area (Å²) in [4.78, 5) is 25.9. The number of halogens is 1. The van der Waals surface area contributed by atoms with E-state index in [9.17, 15) is 14.0 Å². The molecule has 1 aliphatic rings. The first-order valence-corrected chi connectivity index (χ1v) is 8.39. The van der Waals surface area contributed by atoms with Crippen LogP contribution in [0.4, 0.5) is 4.39 Å². The first-order valence-electron chi connectivity index (χ1n) is 8.39. The van der Waals surface area contributed by atoms with Gasteiger partial charge < -0.3 is 10.0 Å². The van der Waals surface area contributed by atoms with Crippen molar-refractivity contribution in [3.8, 4) is 0 Å². The van der Waals surface area contributed by atoms with Crippen molar-refractivity contribution >= 4 is 11.9 Å². The molecule has 4 nitrogen and oxygen atoms in total. The van der Waals surface area contributed by atoms with E-state index in [1.807, 2.05) is 13.0 Å². The van der Waals surface area contributed by atoms with Crippen LogP contribution in [0, 0.1) is 5.82 Å². The van der Waals surface area contributed by atoms with E-state index in [0.717, 1.165) is 16.7 Å². The standard InChI is InChI=1S/C20H20FNO3/c1-2-18(14-5-7-17(21)8-6-14)19(23)22-10-9-13-3-4-15(20(24)25)11-16(13)12-22/h3-8,11,18H,2,9-10,12H2,1H3,(H,24,25). The molecule has 2 aromatic rings. The number of carbonyl (C=O) groups is 2. The zero-order valence-corrected chi connectivity index (χ0v) is 14.0. The minimum absolute atomic E-state index is 0.000450. The van der Waals surface area contributed by atoms with Gasteiger partial charge in [-0.15, -0.1) is 0 Å². The number of hydrogen-bond acceptors (Lipinski definition) is 2. The first kappa shape index (κ1) is 17.1. The lowest BCUT2D eigenvalue weighted by Gasteiger charge is -2.32. The third-order valence-electron chi connectivity index (χ3n) is 4.76. The minimum atomic E-state index is -0.969. The van der Waals surface area contributed by atoms with Crippen LogP contribution >= 0.6 is 0 Å². The molecule has 0 fully saturated rings. The molecule has 0 saturated heterocycles. The van der Waals surface area contributed by atoms with Crippen molar-refractivity contribution < 1.29 is 19.1 Å². The van der Waals surface area contributed by atoms with E-state index in [-0.39, 0.29) is 23.2 Å². The molecule has 1 N–H and O–H groups in total. The molecule has 0 bridgehead atoms. The van der Waals surface area contributed by atoms with Gasteiger partial charge in [-0.25, -0.2) is 9.18 Å². The average molecular weight is 341 g/mol. The number of benzene rings is 2. The number of carboxylic acid groups (broad SMARTS) is 1. The van der Waals surface area contributed by atoms with Crippen LogP contribution in [0.5, 0.6) is 0 Å². The van der Waals surface area contributed by atoms with Crippen LogP contribution in [0.1, 0.15) is 46.3 Å². The van der Waals surface area contributed by atoms with Gasteiger partial charge in [0.25, 0.3) is 0 Å². The van der Waals surface area contributed by atoms with E-state index in [4.69, 9.17) is 5.11 Å². The molecule has 0 aliphatic carbocycles. The van der Waals surface area contributed by atoms with E-state index >= 15 is 0 Å². The maximum absolute atomic E-state index is 13.1. The lowest BCUT2D eigenvalue weighted by molar-refractivity contribution is -0.133. The summed E-state index contributed by atoms with van der Waals surface area (Å²) in [7, 11) is 0. The molecule has 0 radical (unpaired) electrons. The van der Waals surface area contributed by atoms with Gasteiger partial charge >= 0.3 is 5.97 Å². The van der Waals surface area contributed by atoms with Crippen molar-refractivity contribution in [2.75, 3.05) is 6.54 Å². The Kier molecular flexibility index (Phi) is 4.83. The lowest BCUT2D eigenvalue weighted by atomic mass is 9.92. The number of carbonyl (C=O) groups excluding carboxylic acids is 1. The van der Waals surface area contributed by atoms with Crippen molar-refractivity contribution in [1.29, 1.82) is 0 Å². The number of carboxylic acids is 1. The zero-order chi connectivity index (χ0) is 18.0. The van der Waals surface area contributed by atoms with E-state index in [0.29, 0.717) is 25.9 Å². The van der Waals surface area contributed by atoms with Gasteiger partial charge in [0.2, 0.25) is 5.91 Å². The number of fused-ring (bicyclic) bond motifs is 1. The Hall–Kier alpha value is -2.69. The average Bonchev–Trinajstić information content (AvgIpc) is 2.62. The van der Waals surface area contributed by atoms with Crippen LogP contribution < -0.4 is 0 Å². The summed E-state index contributed by atoms with van der Waals surface area (Å²) in [6.45, 7) is 2.95. The van der Waals surface area contributed by atoms with Gasteiger partial charge in [0, 0.05) is 13.1 Å². The van der Waals surface area contributed by atoms with Crippen LogP contribution in [0.3, 0.4) is 0 Å². The molecule has 0 saturated carbocycles. The molecule has 1 atom stereocenters. The number of rotatable bonds is 4. The fourth-order valence-corrected chi connectivity index (χ4v) is 3.35. The highest BCUT2D eigenvalue weighted by atomic mass is 19.1. The maximum Gasteiger partial charge on any atom is 0.335 e. The van der Waals surface area contributed by atoms with Crippen LogP contribution in [0.15, 0.2) is 42.5 Å². The van der Waals surface area contributed by atoms with Gasteiger partial charge in [0.1, 0.15) is 5.82 Å². The van der Waals surface area contributed by atoms with E-state index in [2.05, 4.69) is 0 Å². The summed E-state index contributed by atoms with van der Waals surface area (Å²) in [5.41, 5.74) is 3.01. The van der Waals surface area contributed by atoms with Gasteiger partial charge in [0.15, 0.2) is 0 Å². The predicted molar refractivity (Wildman–Crippen MR) is 92.0 cm³/mol. The molecule has 2 aromatic carbocycles. The van der Waals surface area contributed by atoms with E-state index < -0.39 is 5.97 Å². The van der Waals surface area contributed by atoms with E-state index in [1.165, 1.54) is 12.1 Å². The number of hydrogen-bond donors (Lipinski definition) is 1. The Bertz CT molecular complexity index is 801. The second kappa shape index (κ2) is 7.05. The molecule has 0 spiro atoms. The number of nitrogens with zero attached hydrogens (tertiary/aromatic N) is 1. The van der Waals surface area contributed by atoms with Crippen LogP contribution in [-0.2, 0) is 17.8 Å². The Balaban J connectivity index is 1.82. The van der Waals surface area contributed by atoms with Crippen molar-refractivity contribution in [1.82, 2.24) is 4.90 Å². The monoisotopic (exact) mass is 341 g/mol. The smallest absolute Gasteiger partial charge is 0.335 e. The largest absolute Gasteiger partial charge is 0.478 e. The van der Waals surface area contributed by atoms with Crippen LogP contribution in [0.25, 0.3) is 0 Å². The predicted octanol–water partition coefficient (Wildman–Crippen LogP) is 3.60. The summed E-state index contributed by atoms with van der Waals surface area (Å²) in [5, 5.41) is 9.15. The van der Waals surface area contributed by atoms with Crippen molar-refractivity contribution in [3.05, 3.63) is 70.5 Å². The molecule has 1 aliphatic heterocycles. The van der Waals surface area contributed by atoms with E-state index in [1.54, 1.807) is 29.2 Å². The normalized spacial score (nSPS) is 14.7. The molecule has 25 heavy (non-hydrogen) atoms. The van der Waals surface area contributed by atoms with Crippen molar-refractivity contribution in [3.63, 3.8) is 0 Å². The summed E-state index contributed by atoms with van der Waals surface area (Å²) in [6.07, 6.45) is 1.34. The first-order chi connectivity index (χ1) is 12.0. The van der Waals surface area contributed by atoms with Gasteiger partial charge in [-0.1, -0.05) is 25.1 Å². The highest BCUT2D eigenvalue weighted by Gasteiger charge is 2.27. The maximum atomic E-state index is 13.1. The molecule has 130 valence electrons. The molecule has 1 amide bonds. The molecule has 0 aromatic heterocycles. The molecular formula is C20H20FNO3. The molecule has 5 heteroatoms. The summed E-state index contributed by atoms with van der Waals surface area (Å²) in [5.74, 6) is -1.60. The fraction of sp³-hybridized carbons (Fsp3) is 0.300. The topological polar surface area (TPSA) is 57.6 Å². The van der Waals surface area contributed by atoms with Crippen molar-refractivity contribution in [2.45, 2.75) is 32.2 Å². The molecule has 1 heterocycles. The Labute approximate surface area is 145 Å². The Morgan fingerprint density at radius 1 is 1.16 bits per heavy atom. The van der Waals surface area contributed by atoms with Crippen LogP contribution in [0.2, 0.25) is 0 Å². The summed E-state index contributed by atoms with van der Waals surface area (Å²) < 4.78 is 13.1. The van der Waals surface area contributed by atoms with Crippen molar-refractivity contribution in [2.24, 2.45) is 0 Å². The zero-order valence-electron chi connectivity index (χ0n) is 14.0. The quantitative estimate of drug-likeness (QED) is 0.924. The third-order valence-corrected chi connectivity index (χ3v) is 4.76. The third kappa shape index (κ3) is 3.55. The van der Waals surface area contributed by atoms with Gasteiger partial charge in [-0.05, 0) is 53.8 Å². The minimum Gasteiger partial charge on any atom is -0.478 e. The second-order valence-corrected chi connectivity index (χ2v) is 6.31. The highest BCUT2D eigenvalue weighted by molar-refractivity contribution is 5.88. The Morgan fingerprint density at radius 2 is 1.88 bits per heavy atom. The van der Waals surface area contributed by atoms with Crippen LogP contribution in [-0.4, -0.2) is 28.4 Å². The van der Waals surface area contributed by atoms with Gasteiger partial charge in [0.05, 0.1) is 11.5 Å². The second-order valence-electron chi connectivity index (χ2n) is 6.31. The molecule has 1 unspecified atom stereocenters. The van der Waals surface area contributed by atoms with Gasteiger partial charge in [-0.3, -0.25) is 4.79 Å². The highest BCUT2D eigenvalue weighted by Crippen LogP contribution is 2.27. The lowest BCUT2D eigenvalue weighted by Crippen LogP contribution is -2.39. The molecular weight excluding hydrogens is 321 g/mol. The molecule has 3 rings (SSSR count). The van der Waals surface area contributed by atoms with Gasteiger partial charge in [-0.2, -0.15) is 0 Å².